The van der Waals surface area contributed by atoms with Crippen LogP contribution in [-0.2, 0) is 17.7 Å². The molecule has 1 aliphatic heterocycles. The molecule has 116 valence electrons. The number of carbonyl (C=O) groups is 1. The number of aromatic amines is 1. The second-order valence-corrected chi connectivity index (χ2v) is 5.75. The minimum absolute atomic E-state index is 0.0610. The Morgan fingerprint density at radius 3 is 3.00 bits per heavy atom. The predicted octanol–water partition coefficient (Wildman–Crippen LogP) is 2.07. The topological polar surface area (TPSA) is 79.9 Å². The van der Waals surface area contributed by atoms with Gasteiger partial charge in [-0.2, -0.15) is 5.10 Å². The Hall–Kier alpha value is -2.21. The van der Waals surface area contributed by atoms with E-state index in [9.17, 15) is 4.79 Å². The molecule has 0 fully saturated rings. The lowest BCUT2D eigenvalue weighted by Gasteiger charge is -2.25. The summed E-state index contributed by atoms with van der Waals surface area (Å²) in [7, 11) is 0. The number of H-pyrrole nitrogens is 1. The summed E-state index contributed by atoms with van der Waals surface area (Å²) in [5, 5.41) is 10.0. The Morgan fingerprint density at radius 2 is 2.27 bits per heavy atom. The lowest BCUT2D eigenvalue weighted by atomic mass is 9.99. The van der Waals surface area contributed by atoms with E-state index in [-0.39, 0.29) is 18.1 Å². The highest BCUT2D eigenvalue weighted by molar-refractivity contribution is 5.94. The second kappa shape index (κ2) is 5.88. The molecule has 0 aromatic carbocycles. The number of aromatic nitrogens is 3. The van der Waals surface area contributed by atoms with Gasteiger partial charge in [0.05, 0.1) is 17.9 Å². The molecule has 2 N–H and O–H groups in total. The first kappa shape index (κ1) is 14.7. The maximum atomic E-state index is 12.4. The number of hydrogen-bond donors (Lipinski definition) is 2. The lowest BCUT2D eigenvalue weighted by molar-refractivity contribution is -0.00697. The van der Waals surface area contributed by atoms with Crippen molar-refractivity contribution in [1.82, 2.24) is 20.5 Å². The molecule has 3 rings (SSSR count). The Labute approximate surface area is 129 Å². The van der Waals surface area contributed by atoms with Crippen LogP contribution >= 0.6 is 0 Å². The molecule has 1 amide bonds. The summed E-state index contributed by atoms with van der Waals surface area (Å²) in [6.45, 7) is 6.34. The molecule has 0 saturated carbocycles. The van der Waals surface area contributed by atoms with E-state index in [0.29, 0.717) is 18.7 Å². The van der Waals surface area contributed by atoms with Gasteiger partial charge >= 0.3 is 0 Å². The molecular formula is C16H20N4O2. The first-order chi connectivity index (χ1) is 10.5. The van der Waals surface area contributed by atoms with Gasteiger partial charge in [-0.05, 0) is 32.4 Å². The number of rotatable bonds is 3. The van der Waals surface area contributed by atoms with Gasteiger partial charge in [0.25, 0.3) is 5.91 Å². The van der Waals surface area contributed by atoms with Crippen molar-refractivity contribution in [2.45, 2.75) is 45.9 Å². The quantitative estimate of drug-likeness (QED) is 0.909. The van der Waals surface area contributed by atoms with Crippen LogP contribution in [0.15, 0.2) is 18.3 Å². The molecule has 0 aliphatic carbocycles. The molecule has 22 heavy (non-hydrogen) atoms. The summed E-state index contributed by atoms with van der Waals surface area (Å²) >= 11 is 0. The maximum Gasteiger partial charge on any atom is 0.272 e. The predicted molar refractivity (Wildman–Crippen MR) is 81.4 cm³/mol. The van der Waals surface area contributed by atoms with Crippen LogP contribution in [0.5, 0.6) is 0 Å². The van der Waals surface area contributed by atoms with E-state index >= 15 is 0 Å². The Balaban J connectivity index is 1.72. The van der Waals surface area contributed by atoms with Crippen molar-refractivity contribution in [3.63, 3.8) is 0 Å². The highest BCUT2D eigenvalue weighted by Gasteiger charge is 2.29. The van der Waals surface area contributed by atoms with E-state index in [4.69, 9.17) is 4.74 Å². The van der Waals surface area contributed by atoms with Gasteiger partial charge in [-0.3, -0.25) is 14.9 Å². The normalized spacial score (nSPS) is 20.5. The van der Waals surface area contributed by atoms with Gasteiger partial charge in [-0.25, -0.2) is 0 Å². The summed E-state index contributed by atoms with van der Waals surface area (Å²) in [5.74, 6) is -0.167. The van der Waals surface area contributed by atoms with E-state index in [1.807, 2.05) is 32.9 Å². The summed E-state index contributed by atoms with van der Waals surface area (Å²) in [4.78, 5) is 16.6. The smallest absolute Gasteiger partial charge is 0.272 e. The molecule has 1 aliphatic rings. The van der Waals surface area contributed by atoms with Gasteiger partial charge in [-0.15, -0.1) is 0 Å². The average molecular weight is 300 g/mol. The van der Waals surface area contributed by atoms with E-state index in [0.717, 1.165) is 22.5 Å². The first-order valence-electron chi connectivity index (χ1n) is 7.47. The largest absolute Gasteiger partial charge is 0.369 e. The fraction of sp³-hybridized carbons (Fsp3) is 0.438. The molecule has 2 atom stereocenters. The number of ether oxygens (including phenoxy) is 1. The highest BCUT2D eigenvalue weighted by atomic mass is 16.5. The van der Waals surface area contributed by atoms with Gasteiger partial charge in [0, 0.05) is 30.4 Å². The van der Waals surface area contributed by atoms with Crippen molar-refractivity contribution in [2.24, 2.45) is 0 Å². The number of nitrogens with zero attached hydrogens (tertiary/aromatic N) is 2. The van der Waals surface area contributed by atoms with Crippen molar-refractivity contribution < 1.29 is 9.53 Å². The van der Waals surface area contributed by atoms with Crippen molar-refractivity contribution in [1.29, 1.82) is 0 Å². The van der Waals surface area contributed by atoms with Gasteiger partial charge in [0.2, 0.25) is 0 Å². The van der Waals surface area contributed by atoms with Crippen molar-refractivity contribution in [3.05, 3.63) is 46.5 Å². The summed E-state index contributed by atoms with van der Waals surface area (Å²) < 4.78 is 5.73. The fourth-order valence-corrected chi connectivity index (χ4v) is 2.73. The second-order valence-electron chi connectivity index (χ2n) is 5.75. The van der Waals surface area contributed by atoms with Crippen LogP contribution in [0, 0.1) is 6.92 Å². The molecule has 0 spiro atoms. The van der Waals surface area contributed by atoms with Gasteiger partial charge in [-0.1, -0.05) is 6.07 Å². The Kier molecular flexibility index (Phi) is 3.94. The van der Waals surface area contributed by atoms with Crippen LogP contribution in [-0.4, -0.2) is 27.2 Å². The third-order valence-corrected chi connectivity index (χ3v) is 3.87. The zero-order chi connectivity index (χ0) is 15.7. The van der Waals surface area contributed by atoms with E-state index < -0.39 is 0 Å². The average Bonchev–Trinajstić information content (AvgIpc) is 2.90. The van der Waals surface area contributed by atoms with E-state index in [1.165, 1.54) is 0 Å². The molecule has 6 nitrogen and oxygen atoms in total. The minimum Gasteiger partial charge on any atom is -0.369 e. The Morgan fingerprint density at radius 1 is 1.45 bits per heavy atom. The molecular weight excluding hydrogens is 280 g/mol. The van der Waals surface area contributed by atoms with Crippen LogP contribution in [0.2, 0.25) is 0 Å². The van der Waals surface area contributed by atoms with Crippen molar-refractivity contribution in [2.75, 3.05) is 0 Å². The van der Waals surface area contributed by atoms with Crippen LogP contribution < -0.4 is 5.32 Å². The Bertz CT molecular complexity index is 678. The van der Waals surface area contributed by atoms with Crippen LogP contribution in [0.25, 0.3) is 0 Å². The van der Waals surface area contributed by atoms with Gasteiger partial charge < -0.3 is 10.1 Å². The molecule has 2 aromatic heterocycles. The standard InChI is InChI=1S/C16H20N4O2/c1-9-4-5-12(7-17-9)8-18-16(21)15-13-6-10(2)22-11(3)14(13)19-20-15/h4-5,7,10-11H,6,8H2,1-3H3,(H,18,21)(H,19,20)/t10-,11+/m1/s1. The number of amides is 1. The van der Waals surface area contributed by atoms with Crippen LogP contribution in [0.3, 0.4) is 0 Å². The number of nitrogens with one attached hydrogen (secondary N) is 2. The molecule has 0 saturated heterocycles. The van der Waals surface area contributed by atoms with E-state index in [1.54, 1.807) is 6.20 Å². The number of pyridine rings is 1. The minimum atomic E-state index is -0.167. The molecule has 2 aromatic rings. The third-order valence-electron chi connectivity index (χ3n) is 3.87. The molecule has 6 heteroatoms. The third kappa shape index (κ3) is 2.87. The molecule has 3 heterocycles. The number of aryl methyl sites for hydroxylation is 1. The monoisotopic (exact) mass is 300 g/mol. The zero-order valence-electron chi connectivity index (χ0n) is 13.0. The number of hydrogen-bond acceptors (Lipinski definition) is 4. The van der Waals surface area contributed by atoms with Crippen LogP contribution in [0.4, 0.5) is 0 Å². The van der Waals surface area contributed by atoms with Gasteiger partial charge in [0.15, 0.2) is 5.69 Å². The summed E-state index contributed by atoms with van der Waals surface area (Å²) in [6.07, 6.45) is 2.50. The molecule has 0 radical (unpaired) electrons. The summed E-state index contributed by atoms with van der Waals surface area (Å²) in [6, 6.07) is 3.89. The number of carbonyl (C=O) groups excluding carboxylic acids is 1. The zero-order valence-corrected chi connectivity index (χ0v) is 13.0. The molecule has 0 unspecified atom stereocenters. The fourth-order valence-electron chi connectivity index (χ4n) is 2.73. The highest BCUT2D eigenvalue weighted by Crippen LogP contribution is 2.29. The van der Waals surface area contributed by atoms with Crippen molar-refractivity contribution >= 4 is 5.91 Å². The van der Waals surface area contributed by atoms with E-state index in [2.05, 4.69) is 20.5 Å². The maximum absolute atomic E-state index is 12.4. The van der Waals surface area contributed by atoms with Gasteiger partial charge in [0.1, 0.15) is 0 Å². The SMILES string of the molecule is Cc1ccc(CNC(=O)c2n[nH]c3c2C[C@@H](C)O[C@H]3C)cn1. The first-order valence-corrected chi connectivity index (χ1v) is 7.47. The van der Waals surface area contributed by atoms with Crippen molar-refractivity contribution in [3.8, 4) is 0 Å². The molecule has 0 bridgehead atoms. The number of fused-ring (bicyclic) bond motifs is 1. The lowest BCUT2D eigenvalue weighted by Crippen LogP contribution is -2.27. The summed E-state index contributed by atoms with van der Waals surface area (Å²) in [5.41, 5.74) is 4.26. The van der Waals surface area contributed by atoms with Crippen LogP contribution in [0.1, 0.15) is 53.0 Å².